The number of hydrogen-bond donors (Lipinski definition) is 1. The van der Waals surface area contributed by atoms with E-state index in [2.05, 4.69) is 20.7 Å². The Kier molecular flexibility index (Phi) is 4.24. The van der Waals surface area contributed by atoms with Crippen LogP contribution in [0.3, 0.4) is 0 Å². The number of carbonyl (C=O) groups excluding carboxylic acids is 1. The number of hydrogen-bond acceptors (Lipinski definition) is 5. The van der Waals surface area contributed by atoms with Crippen LogP contribution in [-0.4, -0.2) is 38.8 Å². The lowest BCUT2D eigenvalue weighted by molar-refractivity contribution is -0.134. The molecule has 0 aromatic carbocycles. The highest BCUT2D eigenvalue weighted by atomic mass is 16.5. The van der Waals surface area contributed by atoms with Gasteiger partial charge in [-0.3, -0.25) is 4.79 Å². The van der Waals surface area contributed by atoms with E-state index in [9.17, 15) is 4.79 Å². The molecule has 1 aliphatic rings. The largest absolute Gasteiger partial charge is 0.377 e. The summed E-state index contributed by atoms with van der Waals surface area (Å²) < 4.78 is 5.61. The maximum Gasteiger partial charge on any atom is 0.226 e. The number of ether oxygens (including phenoxy) is 1. The molecule has 1 fully saturated rings. The maximum absolute atomic E-state index is 12.1. The molecular weight excluding hydrogens is 234 g/mol. The summed E-state index contributed by atoms with van der Waals surface area (Å²) in [6, 6.07) is 0. The van der Waals surface area contributed by atoms with Gasteiger partial charge in [0.25, 0.3) is 0 Å². The summed E-state index contributed by atoms with van der Waals surface area (Å²) in [5, 5.41) is 14.4. The van der Waals surface area contributed by atoms with Crippen molar-refractivity contribution in [2.24, 2.45) is 13.0 Å². The van der Waals surface area contributed by atoms with Crippen LogP contribution in [0.4, 0.5) is 0 Å². The van der Waals surface area contributed by atoms with Gasteiger partial charge in [0.05, 0.1) is 25.6 Å². The van der Waals surface area contributed by atoms with Crippen molar-refractivity contribution in [3.8, 4) is 0 Å². The van der Waals surface area contributed by atoms with Crippen LogP contribution in [-0.2, 0) is 23.1 Å². The first-order valence-electron chi connectivity index (χ1n) is 6.33. The van der Waals surface area contributed by atoms with Crippen LogP contribution in [0, 0.1) is 5.92 Å². The number of amides is 1. The summed E-state index contributed by atoms with van der Waals surface area (Å²) in [5.74, 6) is 0.491. The van der Waals surface area contributed by atoms with Crippen molar-refractivity contribution in [2.45, 2.75) is 38.8 Å². The molecule has 0 bridgehead atoms. The van der Waals surface area contributed by atoms with Crippen molar-refractivity contribution >= 4 is 5.91 Å². The van der Waals surface area contributed by atoms with Crippen LogP contribution in [0.25, 0.3) is 0 Å². The lowest BCUT2D eigenvalue weighted by Gasteiger charge is -2.29. The number of aryl methyl sites for hydroxylation is 1. The van der Waals surface area contributed by atoms with Crippen molar-refractivity contribution < 1.29 is 9.53 Å². The van der Waals surface area contributed by atoms with Crippen molar-refractivity contribution in [1.29, 1.82) is 0 Å². The molecule has 0 aliphatic carbocycles. The summed E-state index contributed by atoms with van der Waals surface area (Å²) in [5.41, 5.74) is 0. The predicted molar refractivity (Wildman–Crippen MR) is 63.4 cm³/mol. The van der Waals surface area contributed by atoms with Crippen molar-refractivity contribution in [3.05, 3.63) is 5.82 Å². The van der Waals surface area contributed by atoms with E-state index >= 15 is 0 Å². The van der Waals surface area contributed by atoms with Gasteiger partial charge < -0.3 is 10.1 Å². The highest BCUT2D eigenvalue weighted by Gasteiger charge is 2.30. The SMILES string of the molecule is CCC1OCCCC1C(=O)NCc1nnn(C)n1. The summed E-state index contributed by atoms with van der Waals surface area (Å²) in [6.45, 7) is 3.12. The van der Waals surface area contributed by atoms with Gasteiger partial charge in [-0.25, -0.2) is 0 Å². The molecule has 18 heavy (non-hydrogen) atoms. The lowest BCUT2D eigenvalue weighted by atomic mass is 9.92. The van der Waals surface area contributed by atoms with Crippen LogP contribution in [0.1, 0.15) is 32.0 Å². The smallest absolute Gasteiger partial charge is 0.226 e. The third kappa shape index (κ3) is 3.04. The molecule has 1 aliphatic heterocycles. The minimum atomic E-state index is -0.0552. The molecule has 2 unspecified atom stereocenters. The molecule has 0 spiro atoms. The van der Waals surface area contributed by atoms with E-state index in [1.54, 1.807) is 7.05 Å². The van der Waals surface area contributed by atoms with Gasteiger partial charge in [0.1, 0.15) is 0 Å². The molecular formula is C11H19N5O2. The average Bonchev–Trinajstić information content (AvgIpc) is 2.81. The number of aromatic nitrogens is 4. The van der Waals surface area contributed by atoms with Gasteiger partial charge >= 0.3 is 0 Å². The number of tetrazole rings is 1. The molecule has 0 radical (unpaired) electrons. The monoisotopic (exact) mass is 253 g/mol. The average molecular weight is 253 g/mol. The molecule has 0 saturated carbocycles. The topological polar surface area (TPSA) is 81.9 Å². The van der Waals surface area contributed by atoms with Gasteiger partial charge in [-0.15, -0.1) is 10.2 Å². The molecule has 7 nitrogen and oxygen atoms in total. The Hall–Kier alpha value is -1.50. The van der Waals surface area contributed by atoms with Gasteiger partial charge in [0.15, 0.2) is 5.82 Å². The standard InChI is InChI=1S/C11H19N5O2/c1-3-9-8(5-4-6-18-9)11(17)12-7-10-13-15-16(2)14-10/h8-9H,3-7H2,1-2H3,(H,12,17). The van der Waals surface area contributed by atoms with E-state index in [4.69, 9.17) is 4.74 Å². The van der Waals surface area contributed by atoms with Gasteiger partial charge in [0, 0.05) is 6.61 Å². The number of nitrogens with zero attached hydrogens (tertiary/aromatic N) is 4. The molecule has 1 amide bonds. The fraction of sp³-hybridized carbons (Fsp3) is 0.818. The molecule has 1 aromatic heterocycles. The van der Waals surface area contributed by atoms with Crippen LogP contribution in [0.15, 0.2) is 0 Å². The van der Waals surface area contributed by atoms with Crippen molar-refractivity contribution in [3.63, 3.8) is 0 Å². The quantitative estimate of drug-likeness (QED) is 0.818. The van der Waals surface area contributed by atoms with Crippen LogP contribution in [0.2, 0.25) is 0 Å². The van der Waals surface area contributed by atoms with Crippen molar-refractivity contribution in [1.82, 2.24) is 25.5 Å². The first-order valence-corrected chi connectivity index (χ1v) is 6.33. The third-order valence-corrected chi connectivity index (χ3v) is 3.15. The normalized spacial score (nSPS) is 23.9. The fourth-order valence-electron chi connectivity index (χ4n) is 2.23. The van der Waals surface area contributed by atoms with Gasteiger partial charge in [-0.1, -0.05) is 6.92 Å². The third-order valence-electron chi connectivity index (χ3n) is 3.15. The lowest BCUT2D eigenvalue weighted by Crippen LogP contribution is -2.41. The molecule has 1 N–H and O–H groups in total. The summed E-state index contributed by atoms with van der Waals surface area (Å²) in [7, 11) is 1.69. The van der Waals surface area contributed by atoms with E-state index < -0.39 is 0 Å². The van der Waals surface area contributed by atoms with Crippen LogP contribution >= 0.6 is 0 Å². The van der Waals surface area contributed by atoms with Gasteiger partial charge in [-0.05, 0) is 24.5 Å². The minimum absolute atomic E-state index is 0.0222. The Morgan fingerprint density at radius 3 is 3.11 bits per heavy atom. The Balaban J connectivity index is 1.86. The molecule has 2 atom stereocenters. The number of nitrogens with one attached hydrogen (secondary N) is 1. The Morgan fingerprint density at radius 1 is 1.61 bits per heavy atom. The van der Waals surface area contributed by atoms with Gasteiger partial charge in [0.2, 0.25) is 5.91 Å². The molecule has 2 heterocycles. The summed E-state index contributed by atoms with van der Waals surface area (Å²) >= 11 is 0. The number of rotatable bonds is 4. The zero-order chi connectivity index (χ0) is 13.0. The first-order chi connectivity index (χ1) is 8.70. The van der Waals surface area contributed by atoms with Crippen LogP contribution < -0.4 is 5.32 Å². The van der Waals surface area contributed by atoms with Gasteiger partial charge in [-0.2, -0.15) is 4.80 Å². The molecule has 100 valence electrons. The Morgan fingerprint density at radius 2 is 2.44 bits per heavy atom. The minimum Gasteiger partial charge on any atom is -0.377 e. The predicted octanol–water partition coefficient (Wildman–Crippen LogP) is 0.0315. The Bertz CT molecular complexity index is 406. The summed E-state index contributed by atoms with van der Waals surface area (Å²) in [6.07, 6.45) is 2.73. The molecule has 1 aromatic rings. The van der Waals surface area contributed by atoms with E-state index in [1.165, 1.54) is 4.80 Å². The maximum atomic E-state index is 12.1. The zero-order valence-electron chi connectivity index (χ0n) is 10.8. The second kappa shape index (κ2) is 5.90. The summed E-state index contributed by atoms with van der Waals surface area (Å²) in [4.78, 5) is 13.4. The molecule has 1 saturated heterocycles. The highest BCUT2D eigenvalue weighted by Crippen LogP contribution is 2.23. The van der Waals surface area contributed by atoms with E-state index in [0.717, 1.165) is 25.9 Å². The first kappa shape index (κ1) is 12.9. The second-order valence-electron chi connectivity index (χ2n) is 4.48. The number of carbonyl (C=O) groups is 1. The van der Waals surface area contributed by atoms with E-state index in [0.29, 0.717) is 12.4 Å². The van der Waals surface area contributed by atoms with Crippen molar-refractivity contribution in [2.75, 3.05) is 6.61 Å². The highest BCUT2D eigenvalue weighted by molar-refractivity contribution is 5.79. The van der Waals surface area contributed by atoms with E-state index in [1.807, 2.05) is 6.92 Å². The zero-order valence-corrected chi connectivity index (χ0v) is 10.8. The molecule has 7 heteroatoms. The fourth-order valence-corrected chi connectivity index (χ4v) is 2.23. The van der Waals surface area contributed by atoms with Crippen LogP contribution in [0.5, 0.6) is 0 Å². The second-order valence-corrected chi connectivity index (χ2v) is 4.48. The Labute approximate surface area is 106 Å². The van der Waals surface area contributed by atoms with E-state index in [-0.39, 0.29) is 17.9 Å². The molecule has 2 rings (SSSR count).